The number of amides is 2. The second-order valence-electron chi connectivity index (χ2n) is 6.86. The van der Waals surface area contributed by atoms with E-state index in [1.807, 2.05) is 25.1 Å². The zero-order valence-corrected chi connectivity index (χ0v) is 14.7. The fourth-order valence-electron chi connectivity index (χ4n) is 2.40. The summed E-state index contributed by atoms with van der Waals surface area (Å²) in [6.45, 7) is 11.0. The molecule has 0 bridgehead atoms. The molecular formula is C20H26N2O. The first-order valence-electron chi connectivity index (χ1n) is 7.97. The van der Waals surface area contributed by atoms with Gasteiger partial charge in [-0.2, -0.15) is 0 Å². The maximum atomic E-state index is 12.1. The van der Waals surface area contributed by atoms with E-state index in [1.165, 1.54) is 22.3 Å². The topological polar surface area (TPSA) is 41.1 Å². The number of hydrogen-bond donors (Lipinski definition) is 2. The van der Waals surface area contributed by atoms with Crippen molar-refractivity contribution in [2.75, 3.05) is 11.9 Å². The highest BCUT2D eigenvalue weighted by Crippen LogP contribution is 2.22. The molecular weight excluding hydrogens is 284 g/mol. The Morgan fingerprint density at radius 2 is 1.61 bits per heavy atom. The van der Waals surface area contributed by atoms with Gasteiger partial charge in [0.25, 0.3) is 0 Å². The van der Waals surface area contributed by atoms with Crippen molar-refractivity contribution in [3.05, 3.63) is 64.7 Å². The van der Waals surface area contributed by atoms with Gasteiger partial charge in [-0.05, 0) is 49.6 Å². The quantitative estimate of drug-likeness (QED) is 0.843. The zero-order valence-electron chi connectivity index (χ0n) is 14.7. The number of carbonyl (C=O) groups is 1. The number of aryl methyl sites for hydroxylation is 3. The van der Waals surface area contributed by atoms with Crippen LogP contribution in [0.25, 0.3) is 0 Å². The van der Waals surface area contributed by atoms with E-state index in [1.54, 1.807) is 0 Å². The van der Waals surface area contributed by atoms with Crippen molar-refractivity contribution in [1.29, 1.82) is 0 Å². The molecule has 2 amide bonds. The van der Waals surface area contributed by atoms with Crippen molar-refractivity contribution in [2.45, 2.75) is 40.0 Å². The van der Waals surface area contributed by atoms with Crippen molar-refractivity contribution in [3.8, 4) is 0 Å². The fraction of sp³-hybridized carbons (Fsp3) is 0.350. The highest BCUT2D eigenvalue weighted by Gasteiger charge is 2.21. The first kappa shape index (κ1) is 17.1. The average molecular weight is 310 g/mol. The van der Waals surface area contributed by atoms with Gasteiger partial charge in [-0.15, -0.1) is 0 Å². The first-order valence-corrected chi connectivity index (χ1v) is 7.97. The van der Waals surface area contributed by atoms with Crippen LogP contribution in [0.15, 0.2) is 42.5 Å². The summed E-state index contributed by atoms with van der Waals surface area (Å²) in [6, 6.07) is 14.2. The summed E-state index contributed by atoms with van der Waals surface area (Å²) in [7, 11) is 0. The lowest BCUT2D eigenvalue weighted by molar-refractivity contribution is 0.249. The normalized spacial score (nSPS) is 11.2. The predicted molar refractivity (Wildman–Crippen MR) is 97.1 cm³/mol. The van der Waals surface area contributed by atoms with Crippen molar-refractivity contribution in [3.63, 3.8) is 0 Å². The number of nitrogens with one attached hydrogen (secondary N) is 2. The Hall–Kier alpha value is -2.29. The summed E-state index contributed by atoms with van der Waals surface area (Å²) in [5, 5.41) is 5.86. The SMILES string of the molecule is Cc1ccc(C(C)(C)CNC(=O)Nc2ccc(C)c(C)c2)cc1. The molecule has 0 aliphatic carbocycles. The van der Waals surface area contributed by atoms with Crippen LogP contribution in [-0.2, 0) is 5.41 Å². The van der Waals surface area contributed by atoms with Crippen LogP contribution in [0.2, 0.25) is 0 Å². The Morgan fingerprint density at radius 3 is 2.22 bits per heavy atom. The van der Waals surface area contributed by atoms with Crippen molar-refractivity contribution < 1.29 is 4.79 Å². The predicted octanol–water partition coefficient (Wildman–Crippen LogP) is 4.71. The maximum absolute atomic E-state index is 12.1. The number of carbonyl (C=O) groups excluding carboxylic acids is 1. The molecule has 2 aromatic carbocycles. The minimum Gasteiger partial charge on any atom is -0.337 e. The Morgan fingerprint density at radius 1 is 0.957 bits per heavy atom. The van der Waals surface area contributed by atoms with E-state index in [0.29, 0.717) is 6.54 Å². The largest absolute Gasteiger partial charge is 0.337 e. The van der Waals surface area contributed by atoms with Gasteiger partial charge >= 0.3 is 6.03 Å². The Balaban J connectivity index is 1.95. The van der Waals surface area contributed by atoms with E-state index in [-0.39, 0.29) is 11.4 Å². The number of hydrogen-bond acceptors (Lipinski definition) is 1. The van der Waals surface area contributed by atoms with Crippen LogP contribution in [0, 0.1) is 20.8 Å². The van der Waals surface area contributed by atoms with E-state index in [0.717, 1.165) is 5.69 Å². The van der Waals surface area contributed by atoms with Crippen LogP contribution < -0.4 is 10.6 Å². The number of benzene rings is 2. The monoisotopic (exact) mass is 310 g/mol. The summed E-state index contributed by atoms with van der Waals surface area (Å²) in [4.78, 5) is 12.1. The molecule has 0 aliphatic rings. The molecule has 122 valence electrons. The number of urea groups is 1. The van der Waals surface area contributed by atoms with E-state index in [9.17, 15) is 4.79 Å². The molecule has 0 saturated carbocycles. The van der Waals surface area contributed by atoms with Gasteiger partial charge in [-0.25, -0.2) is 4.79 Å². The second kappa shape index (κ2) is 6.86. The van der Waals surface area contributed by atoms with Gasteiger partial charge in [-0.1, -0.05) is 49.7 Å². The Bertz CT molecular complexity index is 687. The molecule has 0 saturated heterocycles. The summed E-state index contributed by atoms with van der Waals surface area (Å²) in [6.07, 6.45) is 0. The number of rotatable bonds is 4. The maximum Gasteiger partial charge on any atom is 0.319 e. The Labute approximate surface area is 139 Å². The lowest BCUT2D eigenvalue weighted by Gasteiger charge is -2.26. The van der Waals surface area contributed by atoms with E-state index in [4.69, 9.17) is 0 Å². The van der Waals surface area contributed by atoms with E-state index < -0.39 is 0 Å². The van der Waals surface area contributed by atoms with Crippen LogP contribution in [-0.4, -0.2) is 12.6 Å². The lowest BCUT2D eigenvalue weighted by Crippen LogP contribution is -2.39. The number of anilines is 1. The van der Waals surface area contributed by atoms with Gasteiger partial charge in [0, 0.05) is 17.6 Å². The Kier molecular flexibility index (Phi) is 5.09. The highest BCUT2D eigenvalue weighted by atomic mass is 16.2. The molecule has 3 nitrogen and oxygen atoms in total. The highest BCUT2D eigenvalue weighted by molar-refractivity contribution is 5.89. The molecule has 23 heavy (non-hydrogen) atoms. The van der Waals surface area contributed by atoms with Crippen LogP contribution in [0.3, 0.4) is 0 Å². The second-order valence-corrected chi connectivity index (χ2v) is 6.86. The van der Waals surface area contributed by atoms with Gasteiger partial charge in [0.2, 0.25) is 0 Å². The van der Waals surface area contributed by atoms with Gasteiger partial charge in [-0.3, -0.25) is 0 Å². The van der Waals surface area contributed by atoms with Gasteiger partial charge in [0.05, 0.1) is 0 Å². The van der Waals surface area contributed by atoms with Crippen LogP contribution in [0.4, 0.5) is 10.5 Å². The molecule has 0 aromatic heterocycles. The molecule has 0 heterocycles. The molecule has 0 aliphatic heterocycles. The molecule has 0 atom stereocenters. The molecule has 2 aromatic rings. The average Bonchev–Trinajstić information content (AvgIpc) is 2.50. The summed E-state index contributed by atoms with van der Waals surface area (Å²) in [5.41, 5.74) is 5.55. The van der Waals surface area contributed by atoms with Crippen molar-refractivity contribution in [2.24, 2.45) is 0 Å². The van der Waals surface area contributed by atoms with Crippen LogP contribution in [0.5, 0.6) is 0 Å². The first-order chi connectivity index (χ1) is 10.8. The molecule has 3 heteroatoms. The van der Waals surface area contributed by atoms with Gasteiger partial charge in [0.15, 0.2) is 0 Å². The molecule has 2 rings (SSSR count). The summed E-state index contributed by atoms with van der Waals surface area (Å²) in [5.74, 6) is 0. The third-order valence-electron chi connectivity index (χ3n) is 4.29. The van der Waals surface area contributed by atoms with Crippen LogP contribution in [0.1, 0.15) is 36.1 Å². The fourth-order valence-corrected chi connectivity index (χ4v) is 2.40. The van der Waals surface area contributed by atoms with Crippen LogP contribution >= 0.6 is 0 Å². The van der Waals surface area contributed by atoms with Gasteiger partial charge in [0.1, 0.15) is 0 Å². The summed E-state index contributed by atoms with van der Waals surface area (Å²) < 4.78 is 0. The molecule has 0 spiro atoms. The van der Waals surface area contributed by atoms with Gasteiger partial charge < -0.3 is 10.6 Å². The third kappa shape index (κ3) is 4.59. The minimum atomic E-state index is -0.173. The van der Waals surface area contributed by atoms with Crippen molar-refractivity contribution >= 4 is 11.7 Å². The standard InChI is InChI=1S/C20H26N2O/c1-14-6-9-17(10-7-14)20(4,5)13-21-19(23)22-18-11-8-15(2)16(3)12-18/h6-12H,13H2,1-5H3,(H2,21,22,23). The van der Waals surface area contributed by atoms with E-state index in [2.05, 4.69) is 62.6 Å². The third-order valence-corrected chi connectivity index (χ3v) is 4.29. The van der Waals surface area contributed by atoms with E-state index >= 15 is 0 Å². The molecule has 0 radical (unpaired) electrons. The lowest BCUT2D eigenvalue weighted by atomic mass is 9.84. The molecule has 0 unspecified atom stereocenters. The summed E-state index contributed by atoms with van der Waals surface area (Å²) >= 11 is 0. The van der Waals surface area contributed by atoms with Crippen molar-refractivity contribution in [1.82, 2.24) is 5.32 Å². The molecule has 0 fully saturated rings. The minimum absolute atomic E-state index is 0.117. The molecule has 2 N–H and O–H groups in total. The smallest absolute Gasteiger partial charge is 0.319 e. The zero-order chi connectivity index (χ0) is 17.0.